The average molecular weight is 542 g/mol. The summed E-state index contributed by atoms with van der Waals surface area (Å²) in [5.41, 5.74) is 11.4. The molecule has 2 atom stereocenters. The van der Waals surface area contributed by atoms with E-state index in [1.807, 2.05) is 60.7 Å². The van der Waals surface area contributed by atoms with Crippen LogP contribution in [0.4, 0.5) is 0 Å². The van der Waals surface area contributed by atoms with Crippen molar-refractivity contribution < 1.29 is 34.4 Å². The van der Waals surface area contributed by atoms with Gasteiger partial charge in [-0.3, -0.25) is 9.59 Å². The van der Waals surface area contributed by atoms with Crippen molar-refractivity contribution in [2.75, 3.05) is 13.2 Å². The van der Waals surface area contributed by atoms with Crippen LogP contribution in [0.3, 0.4) is 0 Å². The number of halogens is 2. The van der Waals surface area contributed by atoms with E-state index in [1.54, 1.807) is 0 Å². The average Bonchev–Trinajstić information content (AvgIpc) is 2.80. The Morgan fingerprint density at radius 3 is 1.53 bits per heavy atom. The van der Waals surface area contributed by atoms with Gasteiger partial charge in [-0.25, -0.2) is 0 Å². The van der Waals surface area contributed by atoms with Crippen molar-refractivity contribution in [3.05, 3.63) is 77.3 Å². The van der Waals surface area contributed by atoms with Crippen LogP contribution in [0.2, 0.25) is 0 Å². The molecule has 11 heteroatoms. The normalized spacial score (nSPS) is 11.2. The number of hydrogen-bond acceptors (Lipinski definition) is 5. The van der Waals surface area contributed by atoms with Crippen LogP contribution in [-0.4, -0.2) is 68.7 Å². The second-order valence-electron chi connectivity index (χ2n) is 5.26. The number of aliphatic hydroxyl groups is 2. The lowest BCUT2D eigenvalue weighted by molar-refractivity contribution is -0.137. The Morgan fingerprint density at radius 1 is 0.933 bits per heavy atom. The van der Waals surface area contributed by atoms with Crippen molar-refractivity contribution in [3.8, 4) is 0 Å². The second kappa shape index (κ2) is 16.5. The molecule has 2 aromatic rings. The van der Waals surface area contributed by atoms with E-state index in [4.69, 9.17) is 20.9 Å². The number of nitrogens with zero attached hydrogens (tertiary/aromatic N) is 2. The molecule has 0 saturated carbocycles. The lowest BCUT2D eigenvalue weighted by Gasteiger charge is -2.01. The summed E-state index contributed by atoms with van der Waals surface area (Å²) in [5, 5.41) is 24.3. The number of aliphatic hydroxyl groups excluding tert-OH is 2. The fraction of sp³-hybridized carbons (Fsp3) is 0.211. The third-order valence-electron chi connectivity index (χ3n) is 3.15. The highest BCUT2D eigenvalue weighted by atomic mass is 79.9. The van der Waals surface area contributed by atoms with E-state index in [0.29, 0.717) is 5.71 Å². The molecule has 0 bridgehead atoms. The Hall–Kier alpha value is -2.30. The number of carboxylic acid groups (broad SMARTS) is 1. The number of carbonyl (C=O) groups is 2. The largest absolute Gasteiger partial charge is 0.542 e. The van der Waals surface area contributed by atoms with Crippen LogP contribution in [0.1, 0.15) is 11.1 Å². The molecule has 0 spiro atoms. The molecule has 3 N–H and O–H groups in total. The van der Waals surface area contributed by atoms with Crippen molar-refractivity contribution >= 4 is 57.6 Å². The molecule has 0 unspecified atom stereocenters. The highest BCUT2D eigenvalue weighted by Crippen LogP contribution is 2.08. The Morgan fingerprint density at radius 2 is 1.33 bits per heavy atom. The minimum Gasteiger partial charge on any atom is -0.542 e. The standard InChI is InChI=1S/C13H10N2.C3H4BBrO3.C3H5BrO3/c14-15-13(11-7-3-1-4-8-11)12-9-5-2-6-10-12;4-8-3(7)2(5)1-6;4-2(1-5)3(6)7/h1-10H;2,6H,1H2;2,5H,1H2,(H,6,7)/t;2*2-/m.00/s1. The maximum absolute atomic E-state index is 10.2. The predicted molar refractivity (Wildman–Crippen MR) is 119 cm³/mol. The molecule has 0 heterocycles. The summed E-state index contributed by atoms with van der Waals surface area (Å²) in [7, 11) is 4.46. The SMILES string of the molecule is O=C(O)[C@@H](Br)CO.[B]OC(=O)[C@@H](Br)CO.[N-]=[N+]=C(c1ccccc1)c1ccccc1. The highest BCUT2D eigenvalue weighted by Gasteiger charge is 2.13. The number of carboxylic acids is 1. The van der Waals surface area contributed by atoms with E-state index in [9.17, 15) is 9.59 Å². The van der Waals surface area contributed by atoms with Crippen LogP contribution in [0, 0.1) is 0 Å². The zero-order valence-corrected chi connectivity index (χ0v) is 18.8. The molecule has 2 radical (unpaired) electrons. The van der Waals surface area contributed by atoms with Crippen LogP contribution in [0.15, 0.2) is 60.7 Å². The summed E-state index contributed by atoms with van der Waals surface area (Å²) in [5.74, 6) is -1.71. The van der Waals surface area contributed by atoms with Gasteiger partial charge in [-0.05, 0) is 24.3 Å². The summed E-state index contributed by atoms with van der Waals surface area (Å²) >= 11 is 5.49. The van der Waals surface area contributed by atoms with Crippen LogP contribution in [-0.2, 0) is 14.2 Å². The van der Waals surface area contributed by atoms with Crippen molar-refractivity contribution in [2.24, 2.45) is 0 Å². The van der Waals surface area contributed by atoms with E-state index in [-0.39, 0.29) is 13.2 Å². The number of rotatable bonds is 6. The van der Waals surface area contributed by atoms with E-state index in [2.05, 4.69) is 49.4 Å². The first-order valence-electron chi connectivity index (χ1n) is 8.28. The molecule has 0 aliphatic heterocycles. The maximum atomic E-state index is 10.2. The van der Waals surface area contributed by atoms with Gasteiger partial charge in [-0.1, -0.05) is 68.3 Å². The Balaban J connectivity index is 0.000000477. The molecular weight excluding hydrogens is 523 g/mol. The van der Waals surface area contributed by atoms with Gasteiger partial charge in [-0.2, -0.15) is 4.79 Å². The summed E-state index contributed by atoms with van der Waals surface area (Å²) in [4.78, 5) is 21.7. The van der Waals surface area contributed by atoms with Crippen LogP contribution in [0.25, 0.3) is 5.53 Å². The Bertz CT molecular complexity index is 779. The Labute approximate surface area is 191 Å². The molecule has 8 nitrogen and oxygen atoms in total. The van der Waals surface area contributed by atoms with Crippen molar-refractivity contribution in [1.82, 2.24) is 0 Å². The van der Waals surface area contributed by atoms with Crippen molar-refractivity contribution in [3.63, 3.8) is 0 Å². The summed E-state index contributed by atoms with van der Waals surface area (Å²) in [6.45, 7) is -0.675. The quantitative estimate of drug-likeness (QED) is 0.168. The van der Waals surface area contributed by atoms with Crippen LogP contribution >= 0.6 is 31.9 Å². The van der Waals surface area contributed by atoms with Gasteiger partial charge in [0, 0.05) is 0 Å². The molecule has 0 aliphatic rings. The van der Waals surface area contributed by atoms with Gasteiger partial charge in [0.05, 0.1) is 24.3 Å². The molecule has 0 fully saturated rings. The Kier molecular flexibility index (Phi) is 15.2. The lowest BCUT2D eigenvalue weighted by Crippen LogP contribution is -2.19. The fourth-order valence-electron chi connectivity index (χ4n) is 1.70. The molecule has 0 amide bonds. The monoisotopic (exact) mass is 540 g/mol. The van der Waals surface area contributed by atoms with E-state index >= 15 is 0 Å². The molecule has 0 aliphatic carbocycles. The first-order chi connectivity index (χ1) is 14.3. The summed E-state index contributed by atoms with van der Waals surface area (Å²) in [6.07, 6.45) is 0. The number of alkyl halides is 2. The number of aliphatic carboxylic acids is 1. The molecule has 2 rings (SSSR count). The van der Waals surface area contributed by atoms with Gasteiger partial charge >= 0.3 is 25.7 Å². The zero-order valence-electron chi connectivity index (χ0n) is 15.6. The third kappa shape index (κ3) is 11.0. The molecule has 0 saturated heterocycles. The van der Waals surface area contributed by atoms with Crippen molar-refractivity contribution in [2.45, 2.75) is 9.65 Å². The first kappa shape index (κ1) is 27.7. The highest BCUT2D eigenvalue weighted by molar-refractivity contribution is 9.10. The molecule has 30 heavy (non-hydrogen) atoms. The third-order valence-corrected chi connectivity index (χ3v) is 4.50. The van der Waals surface area contributed by atoms with Gasteiger partial charge in [0.2, 0.25) is 0 Å². The predicted octanol–water partition coefficient (Wildman–Crippen LogP) is 1.95. The molecule has 0 aromatic heterocycles. The first-order valence-corrected chi connectivity index (χ1v) is 10.1. The van der Waals surface area contributed by atoms with Gasteiger partial charge < -0.3 is 25.5 Å². The summed E-state index contributed by atoms with van der Waals surface area (Å²) in [6, 6.07) is 19.2. The lowest BCUT2D eigenvalue weighted by atomic mass is 10.0. The van der Waals surface area contributed by atoms with E-state index in [0.717, 1.165) is 11.1 Å². The molecule has 2 aromatic carbocycles. The summed E-state index contributed by atoms with van der Waals surface area (Å²) < 4.78 is 3.76. The maximum Gasteiger partial charge on any atom is 0.378 e. The van der Waals surface area contributed by atoms with E-state index in [1.165, 1.54) is 0 Å². The topological polar surface area (TPSA) is 140 Å². The smallest absolute Gasteiger partial charge is 0.378 e. The number of benzene rings is 2. The van der Waals surface area contributed by atoms with Crippen molar-refractivity contribution in [1.29, 1.82) is 0 Å². The molecule has 158 valence electrons. The minimum atomic E-state index is -1.04. The van der Waals surface area contributed by atoms with Crippen LogP contribution in [0.5, 0.6) is 0 Å². The number of carbonyl (C=O) groups excluding carboxylic acids is 1. The van der Waals surface area contributed by atoms with Gasteiger partial charge in [0.15, 0.2) is 0 Å². The van der Waals surface area contributed by atoms with Gasteiger partial charge in [-0.15, -0.1) is 0 Å². The minimum absolute atomic E-state index is 0.309. The van der Waals surface area contributed by atoms with Gasteiger partial charge in [0.25, 0.3) is 0 Å². The fourth-order valence-corrected chi connectivity index (χ4v) is 1.81. The second-order valence-corrected chi connectivity index (χ2v) is 7.47. The molecular formula is C19H19BBr2N2O6. The zero-order chi connectivity index (χ0) is 22.9. The number of hydrogen-bond donors (Lipinski definition) is 3. The van der Waals surface area contributed by atoms with Gasteiger partial charge in [0.1, 0.15) is 9.65 Å². The van der Waals surface area contributed by atoms with Crippen LogP contribution < -0.4 is 0 Å². The van der Waals surface area contributed by atoms with E-state index < -0.39 is 21.6 Å².